The van der Waals surface area contributed by atoms with Crippen molar-refractivity contribution >= 4 is 17.2 Å². The van der Waals surface area contributed by atoms with E-state index in [1.165, 1.54) is 58.0 Å². The van der Waals surface area contributed by atoms with Crippen molar-refractivity contribution in [3.05, 3.63) is 59.7 Å². The van der Waals surface area contributed by atoms with Crippen LogP contribution in [0.1, 0.15) is 78.4 Å². The molecule has 2 heterocycles. The number of nitrogens with one attached hydrogen (secondary N) is 2. The molecule has 2 saturated heterocycles. The molecule has 35 heavy (non-hydrogen) atoms. The Bertz CT molecular complexity index is 781. The maximum Gasteiger partial charge on any atom is 2.00 e. The Balaban J connectivity index is 0.000000640. The summed E-state index contributed by atoms with van der Waals surface area (Å²) in [6.07, 6.45) is 6.42. The summed E-state index contributed by atoms with van der Waals surface area (Å²) in [5, 5.41) is 8.36. The van der Waals surface area contributed by atoms with E-state index in [9.17, 15) is 0 Å². The minimum Gasteiger partial charge on any atom is -0.316 e. The summed E-state index contributed by atoms with van der Waals surface area (Å²) in [5.41, 5.74) is 3.30. The molecule has 2 aliphatic rings. The first-order valence-electron chi connectivity index (χ1n) is 13.6. The van der Waals surface area contributed by atoms with Crippen LogP contribution in [0.15, 0.2) is 48.5 Å². The molecular weight excluding hydrogens is 506 g/mol. The van der Waals surface area contributed by atoms with Gasteiger partial charge in [-0.05, 0) is 79.2 Å². The van der Waals surface area contributed by atoms with E-state index in [2.05, 4.69) is 79.6 Å². The Morgan fingerprint density at radius 2 is 1.43 bits per heavy atom. The van der Waals surface area contributed by atoms with Crippen molar-refractivity contribution in [1.82, 2.24) is 10.6 Å². The van der Waals surface area contributed by atoms with Crippen molar-refractivity contribution in [3.8, 4) is 0 Å². The summed E-state index contributed by atoms with van der Waals surface area (Å²) >= 11 is 0. The van der Waals surface area contributed by atoms with Crippen molar-refractivity contribution in [3.63, 3.8) is 0 Å². The molecule has 2 aliphatic heterocycles. The Labute approximate surface area is 230 Å². The zero-order chi connectivity index (χ0) is 24.8. The zero-order valence-electron chi connectivity index (χ0n) is 23.0. The SMILES string of the molecule is CCC(C)(C)P(Cc1cc[cH-]c1C(P)(C1CCNC1)C1CCNC1)C(C)(C)CC.[Fe+2].c1cc[cH-]c1. The summed E-state index contributed by atoms with van der Waals surface area (Å²) in [6, 6.07) is 17.3. The number of hydrogen-bond donors (Lipinski definition) is 2. The Kier molecular flexibility index (Phi) is 12.2. The van der Waals surface area contributed by atoms with Gasteiger partial charge in [-0.25, -0.2) is 18.2 Å². The van der Waals surface area contributed by atoms with Gasteiger partial charge < -0.3 is 10.6 Å². The second kappa shape index (κ2) is 13.7. The molecule has 0 aromatic heterocycles. The predicted octanol–water partition coefficient (Wildman–Crippen LogP) is 7.46. The molecule has 0 bridgehead atoms. The molecular formula is C30H50FeN2P2. The zero-order valence-corrected chi connectivity index (χ0v) is 26.2. The fourth-order valence-electron chi connectivity index (χ4n) is 6.04. The van der Waals surface area contributed by atoms with Gasteiger partial charge in [0, 0.05) is 0 Å². The van der Waals surface area contributed by atoms with Gasteiger partial charge in [0.15, 0.2) is 0 Å². The monoisotopic (exact) mass is 556 g/mol. The van der Waals surface area contributed by atoms with Gasteiger partial charge in [-0.15, -0.1) is 17.2 Å². The Hall–Kier alpha value is -0.000519. The molecule has 4 rings (SSSR count). The van der Waals surface area contributed by atoms with Gasteiger partial charge in [-0.1, -0.05) is 47.7 Å². The van der Waals surface area contributed by atoms with Crippen LogP contribution in [-0.4, -0.2) is 36.5 Å². The van der Waals surface area contributed by atoms with Gasteiger partial charge in [0.2, 0.25) is 0 Å². The first-order chi connectivity index (χ1) is 16.2. The van der Waals surface area contributed by atoms with Crippen LogP contribution in [0.3, 0.4) is 0 Å². The molecule has 198 valence electrons. The van der Waals surface area contributed by atoms with Crippen LogP contribution in [0.25, 0.3) is 0 Å². The smallest absolute Gasteiger partial charge is 0.316 e. The average Bonchev–Trinajstić information content (AvgIpc) is 3.64. The van der Waals surface area contributed by atoms with E-state index in [0.717, 1.165) is 11.8 Å². The Morgan fingerprint density at radius 3 is 1.80 bits per heavy atom. The van der Waals surface area contributed by atoms with Gasteiger partial charge >= 0.3 is 17.1 Å². The average molecular weight is 557 g/mol. The topological polar surface area (TPSA) is 24.1 Å². The fourth-order valence-corrected chi connectivity index (χ4v) is 10.8. The first-order valence-corrected chi connectivity index (χ1v) is 15.7. The van der Waals surface area contributed by atoms with E-state index in [0.29, 0.717) is 10.3 Å². The Morgan fingerprint density at radius 1 is 0.914 bits per heavy atom. The molecule has 3 unspecified atom stereocenters. The van der Waals surface area contributed by atoms with Crippen molar-refractivity contribution in [2.45, 2.75) is 88.9 Å². The molecule has 5 heteroatoms. The van der Waals surface area contributed by atoms with E-state index < -0.39 is 0 Å². The molecule has 2 fully saturated rings. The van der Waals surface area contributed by atoms with Crippen LogP contribution in [0.4, 0.5) is 0 Å². The summed E-state index contributed by atoms with van der Waals surface area (Å²) < 4.78 is 0. The van der Waals surface area contributed by atoms with Crippen LogP contribution < -0.4 is 10.6 Å². The van der Waals surface area contributed by atoms with E-state index in [4.69, 9.17) is 0 Å². The van der Waals surface area contributed by atoms with Gasteiger partial charge in [0.25, 0.3) is 0 Å². The quantitative estimate of drug-likeness (QED) is 0.190. The molecule has 3 atom stereocenters. The summed E-state index contributed by atoms with van der Waals surface area (Å²) in [5.74, 6) is 1.45. The molecule has 0 amide bonds. The fraction of sp³-hybridized carbons (Fsp3) is 0.667. The molecule has 0 spiro atoms. The van der Waals surface area contributed by atoms with Crippen molar-refractivity contribution < 1.29 is 17.1 Å². The standard InChI is InChI=1S/C25H45N2P2.C5H5.Fe/c1-7-23(3,4)29(24(5,6)8-2)18-19-10-9-11-22(19)25(28,20-12-14-26-16-20)21-13-15-27-17-21;1-2-4-5-3-1;/h9-11,20-21,26-27H,7-8,12-18,28H2,1-6H3;1-5H;/q2*-1;+2. The molecule has 2 N–H and O–H groups in total. The molecule has 2 aromatic carbocycles. The molecule has 0 saturated carbocycles. The van der Waals surface area contributed by atoms with Crippen molar-refractivity contribution in [2.24, 2.45) is 11.8 Å². The summed E-state index contributed by atoms with van der Waals surface area (Å²) in [6.45, 7) is 19.6. The van der Waals surface area contributed by atoms with Crippen molar-refractivity contribution in [1.29, 1.82) is 0 Å². The minimum atomic E-state index is -0.126. The normalized spacial score (nSPS) is 22.4. The molecule has 0 radical (unpaired) electrons. The summed E-state index contributed by atoms with van der Waals surface area (Å²) in [7, 11) is 3.29. The van der Waals surface area contributed by atoms with Crippen LogP contribution in [-0.2, 0) is 28.4 Å². The predicted molar refractivity (Wildman–Crippen MR) is 157 cm³/mol. The summed E-state index contributed by atoms with van der Waals surface area (Å²) in [4.78, 5) is 0. The molecule has 2 nitrogen and oxygen atoms in total. The van der Waals surface area contributed by atoms with Crippen LogP contribution >= 0.6 is 17.2 Å². The van der Waals surface area contributed by atoms with Gasteiger partial charge in [0.05, 0.1) is 0 Å². The van der Waals surface area contributed by atoms with Crippen LogP contribution in [0.2, 0.25) is 0 Å². The minimum absolute atomic E-state index is 0. The van der Waals surface area contributed by atoms with Gasteiger partial charge in [0.1, 0.15) is 0 Å². The van der Waals surface area contributed by atoms with Crippen LogP contribution in [0.5, 0.6) is 0 Å². The van der Waals surface area contributed by atoms with Gasteiger partial charge in [-0.2, -0.15) is 41.5 Å². The number of rotatable bonds is 9. The molecule has 2 aromatic rings. The van der Waals surface area contributed by atoms with Crippen LogP contribution in [0, 0.1) is 11.8 Å². The number of hydrogen-bond acceptors (Lipinski definition) is 2. The van der Waals surface area contributed by atoms with Crippen molar-refractivity contribution in [2.75, 3.05) is 26.2 Å². The first kappa shape index (κ1) is 31.2. The third-order valence-corrected chi connectivity index (χ3v) is 14.4. The van der Waals surface area contributed by atoms with E-state index in [1.807, 2.05) is 30.3 Å². The maximum atomic E-state index is 3.66. The van der Waals surface area contributed by atoms with E-state index in [1.54, 1.807) is 11.1 Å². The third kappa shape index (κ3) is 7.31. The molecule has 0 aliphatic carbocycles. The third-order valence-electron chi connectivity index (χ3n) is 8.92. The second-order valence-corrected chi connectivity index (χ2v) is 16.2. The van der Waals surface area contributed by atoms with Gasteiger partial charge in [-0.3, -0.25) is 0 Å². The maximum absolute atomic E-state index is 3.66. The van der Waals surface area contributed by atoms with E-state index in [-0.39, 0.29) is 30.1 Å². The second-order valence-electron chi connectivity index (χ2n) is 11.7. The van der Waals surface area contributed by atoms with E-state index >= 15 is 0 Å². The largest absolute Gasteiger partial charge is 2.00 e.